The van der Waals surface area contributed by atoms with E-state index in [4.69, 9.17) is 4.74 Å². The minimum absolute atomic E-state index is 0.172. The summed E-state index contributed by atoms with van der Waals surface area (Å²) in [6.45, 7) is -0.239. The molecular formula is C19H16FN5O3. The van der Waals surface area contributed by atoms with Crippen LogP contribution < -0.4 is 15.4 Å². The molecule has 1 aliphatic heterocycles. The second-order valence-corrected chi connectivity index (χ2v) is 6.18. The Hall–Kier alpha value is -3.75. The molecule has 0 saturated carbocycles. The molecule has 2 N–H and O–H groups in total. The van der Waals surface area contributed by atoms with Crippen LogP contribution in [0.5, 0.6) is 5.75 Å². The lowest BCUT2D eigenvalue weighted by Crippen LogP contribution is -2.29. The molecule has 2 heterocycles. The summed E-state index contributed by atoms with van der Waals surface area (Å²) in [4.78, 5) is 28.2. The van der Waals surface area contributed by atoms with Crippen molar-refractivity contribution in [1.29, 1.82) is 0 Å². The van der Waals surface area contributed by atoms with Crippen LogP contribution in [-0.4, -0.2) is 33.2 Å². The van der Waals surface area contributed by atoms with Crippen LogP contribution in [0, 0.1) is 5.82 Å². The van der Waals surface area contributed by atoms with Gasteiger partial charge in [0.15, 0.2) is 6.61 Å². The number of nitrogens with one attached hydrogen (secondary N) is 2. The molecule has 3 aromatic rings. The van der Waals surface area contributed by atoms with Crippen LogP contribution >= 0.6 is 0 Å². The predicted molar refractivity (Wildman–Crippen MR) is 98.4 cm³/mol. The van der Waals surface area contributed by atoms with Crippen molar-refractivity contribution < 1.29 is 18.7 Å². The van der Waals surface area contributed by atoms with E-state index in [0.717, 1.165) is 5.56 Å². The molecule has 1 aliphatic rings. The lowest BCUT2D eigenvalue weighted by atomic mass is 10.0. The van der Waals surface area contributed by atoms with Crippen LogP contribution in [0.3, 0.4) is 0 Å². The first-order valence-corrected chi connectivity index (χ1v) is 8.56. The van der Waals surface area contributed by atoms with Crippen LogP contribution in [0.2, 0.25) is 0 Å². The summed E-state index contributed by atoms with van der Waals surface area (Å²) in [5.74, 6) is -0.103. The Kier molecular flexibility index (Phi) is 4.71. The standard InChI is InChI=1S/C19H16FN5O3/c20-12-5-7-13(8-6-12)23-18(27)10-28-16-4-2-1-3-14(16)15-9-17(26)24-19-21-11-22-25(15)19/h1-8,11,15H,9-10H2,(H,23,27)(H,21,22,24,26)/t15-/m0/s1. The number of benzene rings is 2. The second kappa shape index (κ2) is 7.47. The highest BCUT2D eigenvalue weighted by Gasteiger charge is 2.29. The van der Waals surface area contributed by atoms with E-state index in [-0.39, 0.29) is 36.7 Å². The van der Waals surface area contributed by atoms with Crippen molar-refractivity contribution in [2.45, 2.75) is 12.5 Å². The van der Waals surface area contributed by atoms with Gasteiger partial charge in [0.25, 0.3) is 5.91 Å². The fraction of sp³-hybridized carbons (Fsp3) is 0.158. The number of ether oxygens (including phenoxy) is 1. The van der Waals surface area contributed by atoms with Crippen molar-refractivity contribution >= 4 is 23.5 Å². The maximum Gasteiger partial charge on any atom is 0.262 e. The zero-order valence-electron chi connectivity index (χ0n) is 14.6. The van der Waals surface area contributed by atoms with Gasteiger partial charge in [-0.05, 0) is 30.3 Å². The molecule has 0 aliphatic carbocycles. The first-order valence-electron chi connectivity index (χ1n) is 8.56. The summed E-state index contributed by atoms with van der Waals surface area (Å²) in [6, 6.07) is 12.2. The maximum atomic E-state index is 12.9. The molecule has 1 aromatic heterocycles. The fourth-order valence-electron chi connectivity index (χ4n) is 3.01. The van der Waals surface area contributed by atoms with Gasteiger partial charge in [0, 0.05) is 11.3 Å². The summed E-state index contributed by atoms with van der Waals surface area (Å²) in [7, 11) is 0. The highest BCUT2D eigenvalue weighted by Crippen LogP contribution is 2.34. The number of carbonyl (C=O) groups excluding carboxylic acids is 2. The number of para-hydroxylation sites is 1. The molecule has 28 heavy (non-hydrogen) atoms. The highest BCUT2D eigenvalue weighted by molar-refractivity contribution is 5.92. The quantitative estimate of drug-likeness (QED) is 0.707. The van der Waals surface area contributed by atoms with Crippen molar-refractivity contribution in [2.24, 2.45) is 0 Å². The average Bonchev–Trinajstić information content (AvgIpc) is 3.16. The van der Waals surface area contributed by atoms with Crippen LogP contribution in [0.1, 0.15) is 18.0 Å². The number of aromatic nitrogens is 3. The van der Waals surface area contributed by atoms with E-state index >= 15 is 0 Å². The Morgan fingerprint density at radius 1 is 1.25 bits per heavy atom. The number of rotatable bonds is 5. The van der Waals surface area contributed by atoms with Gasteiger partial charge in [0.05, 0.1) is 12.5 Å². The third-order valence-corrected chi connectivity index (χ3v) is 4.26. The Bertz CT molecular complexity index is 1020. The summed E-state index contributed by atoms with van der Waals surface area (Å²) in [6.07, 6.45) is 1.55. The molecule has 0 radical (unpaired) electrons. The smallest absolute Gasteiger partial charge is 0.262 e. The number of amides is 2. The number of carbonyl (C=O) groups is 2. The zero-order valence-corrected chi connectivity index (χ0v) is 14.6. The Morgan fingerprint density at radius 2 is 2.04 bits per heavy atom. The molecule has 0 spiro atoms. The van der Waals surface area contributed by atoms with Crippen molar-refractivity contribution in [1.82, 2.24) is 14.8 Å². The summed E-state index contributed by atoms with van der Waals surface area (Å²) >= 11 is 0. The van der Waals surface area contributed by atoms with Gasteiger partial charge >= 0.3 is 0 Å². The molecule has 0 fully saturated rings. The molecule has 1 atom stereocenters. The van der Waals surface area contributed by atoms with Crippen molar-refractivity contribution in [2.75, 3.05) is 17.2 Å². The number of halogens is 1. The third-order valence-electron chi connectivity index (χ3n) is 4.26. The highest BCUT2D eigenvalue weighted by atomic mass is 19.1. The van der Waals surface area contributed by atoms with Gasteiger partial charge < -0.3 is 10.1 Å². The molecule has 0 bridgehead atoms. The van der Waals surface area contributed by atoms with Crippen LogP contribution in [0.25, 0.3) is 0 Å². The first-order chi connectivity index (χ1) is 13.6. The fourth-order valence-corrected chi connectivity index (χ4v) is 3.01. The molecule has 4 rings (SSSR count). The normalized spacial score (nSPS) is 15.5. The monoisotopic (exact) mass is 381 g/mol. The topological polar surface area (TPSA) is 98.1 Å². The van der Waals surface area contributed by atoms with E-state index < -0.39 is 0 Å². The minimum Gasteiger partial charge on any atom is -0.483 e. The number of hydrogen-bond acceptors (Lipinski definition) is 5. The summed E-state index contributed by atoms with van der Waals surface area (Å²) < 4.78 is 20.3. The Balaban J connectivity index is 1.49. The first kappa shape index (κ1) is 17.7. The van der Waals surface area contributed by atoms with E-state index in [9.17, 15) is 14.0 Å². The number of anilines is 2. The van der Waals surface area contributed by atoms with Crippen LogP contribution in [0.4, 0.5) is 16.0 Å². The number of hydrogen-bond donors (Lipinski definition) is 2. The van der Waals surface area contributed by atoms with Gasteiger partial charge in [-0.1, -0.05) is 18.2 Å². The Morgan fingerprint density at radius 3 is 2.86 bits per heavy atom. The molecule has 0 saturated heterocycles. The molecule has 2 amide bonds. The molecular weight excluding hydrogens is 365 g/mol. The van der Waals surface area contributed by atoms with E-state index in [2.05, 4.69) is 20.7 Å². The van der Waals surface area contributed by atoms with Gasteiger partial charge in [-0.25, -0.2) is 9.07 Å². The average molecular weight is 381 g/mol. The van der Waals surface area contributed by atoms with Crippen LogP contribution in [0.15, 0.2) is 54.9 Å². The SMILES string of the molecule is O=C(COc1ccccc1[C@@H]1CC(=O)Nc2ncnn21)Nc1ccc(F)cc1. The largest absolute Gasteiger partial charge is 0.483 e. The summed E-state index contributed by atoms with van der Waals surface area (Å²) in [5, 5.41) is 9.47. The van der Waals surface area contributed by atoms with Crippen LogP contribution in [-0.2, 0) is 9.59 Å². The third kappa shape index (κ3) is 3.68. The molecule has 0 unspecified atom stereocenters. The number of nitrogens with zero attached hydrogens (tertiary/aromatic N) is 3. The van der Waals surface area contributed by atoms with E-state index in [1.165, 1.54) is 30.6 Å². The lowest BCUT2D eigenvalue weighted by molar-refractivity contribution is -0.118. The molecule has 9 heteroatoms. The Labute approximate surface area is 159 Å². The van der Waals surface area contributed by atoms with Gasteiger partial charge in [-0.3, -0.25) is 14.9 Å². The maximum absolute atomic E-state index is 12.9. The van der Waals surface area contributed by atoms with E-state index in [1.807, 2.05) is 12.1 Å². The zero-order chi connectivity index (χ0) is 19.5. The molecule has 8 nitrogen and oxygen atoms in total. The molecule has 142 valence electrons. The van der Waals surface area contributed by atoms with E-state index in [0.29, 0.717) is 17.4 Å². The van der Waals surface area contributed by atoms with E-state index in [1.54, 1.807) is 16.8 Å². The van der Waals surface area contributed by atoms with Gasteiger partial charge in [-0.15, -0.1) is 0 Å². The van der Waals surface area contributed by atoms with Crippen molar-refractivity contribution in [3.8, 4) is 5.75 Å². The van der Waals surface area contributed by atoms with Crippen molar-refractivity contribution in [3.05, 3.63) is 66.2 Å². The van der Waals surface area contributed by atoms with Gasteiger partial charge in [-0.2, -0.15) is 10.1 Å². The minimum atomic E-state index is -0.386. The molecule has 2 aromatic carbocycles. The lowest BCUT2D eigenvalue weighted by Gasteiger charge is -2.25. The summed E-state index contributed by atoms with van der Waals surface area (Å²) in [5.41, 5.74) is 1.19. The predicted octanol–water partition coefficient (Wildman–Crippen LogP) is 2.37. The van der Waals surface area contributed by atoms with Gasteiger partial charge in [0.2, 0.25) is 11.9 Å². The van der Waals surface area contributed by atoms with Gasteiger partial charge in [0.1, 0.15) is 17.9 Å². The number of fused-ring (bicyclic) bond motifs is 1. The second-order valence-electron chi connectivity index (χ2n) is 6.18. The van der Waals surface area contributed by atoms with Crippen molar-refractivity contribution in [3.63, 3.8) is 0 Å².